The average Bonchev–Trinajstić information content (AvgIpc) is 2.91. The molecule has 1 heterocycles. The summed E-state index contributed by atoms with van der Waals surface area (Å²) >= 11 is 0. The van der Waals surface area contributed by atoms with Crippen LogP contribution in [0.4, 0.5) is 0 Å². The van der Waals surface area contributed by atoms with Crippen molar-refractivity contribution in [1.82, 2.24) is 10.6 Å². The minimum Gasteiger partial charge on any atom is -0.348 e. The van der Waals surface area contributed by atoms with Crippen molar-refractivity contribution < 1.29 is 13.2 Å². The molecule has 1 aromatic carbocycles. The van der Waals surface area contributed by atoms with Crippen LogP contribution < -0.4 is 10.6 Å². The first-order valence-electron chi connectivity index (χ1n) is 6.88. The monoisotopic (exact) mass is 332 g/mol. The average molecular weight is 333 g/mol. The first-order valence-corrected chi connectivity index (χ1v) is 8.53. The van der Waals surface area contributed by atoms with Crippen molar-refractivity contribution in [3.8, 4) is 0 Å². The molecule has 0 radical (unpaired) electrons. The maximum atomic E-state index is 12.3. The van der Waals surface area contributed by atoms with Gasteiger partial charge in [-0.05, 0) is 31.5 Å². The second-order valence-corrected chi connectivity index (χ2v) is 7.06. The molecule has 21 heavy (non-hydrogen) atoms. The first kappa shape index (κ1) is 17.9. The Labute approximate surface area is 131 Å². The van der Waals surface area contributed by atoms with Crippen molar-refractivity contribution in [3.05, 3.63) is 29.8 Å². The standard InChI is InChI=1S/C14H20N2O3S.ClH/c1-2-9-20(18,19)13-6-4-3-5-12(13)14(17)16-11-7-8-15-10-11;/h3-6,11,15H,2,7-10H2,1H3,(H,16,17);1H. The van der Waals surface area contributed by atoms with Gasteiger partial charge in [0.2, 0.25) is 0 Å². The lowest BCUT2D eigenvalue weighted by molar-refractivity contribution is 0.0936. The molecule has 118 valence electrons. The third-order valence-corrected chi connectivity index (χ3v) is 5.31. The van der Waals surface area contributed by atoms with Gasteiger partial charge in [0.15, 0.2) is 9.84 Å². The largest absolute Gasteiger partial charge is 0.348 e. The van der Waals surface area contributed by atoms with Crippen molar-refractivity contribution >= 4 is 28.2 Å². The molecule has 2 rings (SSSR count). The van der Waals surface area contributed by atoms with Crippen LogP contribution in [-0.4, -0.2) is 39.2 Å². The van der Waals surface area contributed by atoms with E-state index in [2.05, 4.69) is 10.6 Å². The number of hydrogen-bond donors (Lipinski definition) is 2. The summed E-state index contributed by atoms with van der Waals surface area (Å²) in [5.41, 5.74) is 0.243. The molecular weight excluding hydrogens is 312 g/mol. The molecule has 1 aromatic rings. The SMILES string of the molecule is CCCS(=O)(=O)c1ccccc1C(=O)NC1CCNC1.Cl. The zero-order chi connectivity index (χ0) is 14.6. The number of carbonyl (C=O) groups is 1. The maximum Gasteiger partial charge on any atom is 0.252 e. The molecule has 1 fully saturated rings. The van der Waals surface area contributed by atoms with E-state index >= 15 is 0 Å². The number of halogens is 1. The fourth-order valence-corrected chi connectivity index (χ4v) is 3.88. The van der Waals surface area contributed by atoms with Crippen molar-refractivity contribution in [2.45, 2.75) is 30.7 Å². The van der Waals surface area contributed by atoms with Gasteiger partial charge in [0.05, 0.1) is 16.2 Å². The second kappa shape index (κ2) is 7.77. The normalized spacial score (nSPS) is 18.0. The number of sulfone groups is 1. The van der Waals surface area contributed by atoms with Crippen LogP contribution in [0.1, 0.15) is 30.1 Å². The molecule has 1 aliphatic heterocycles. The lowest BCUT2D eigenvalue weighted by Gasteiger charge is -2.14. The van der Waals surface area contributed by atoms with E-state index in [0.717, 1.165) is 19.5 Å². The van der Waals surface area contributed by atoms with Gasteiger partial charge in [-0.15, -0.1) is 12.4 Å². The highest BCUT2D eigenvalue weighted by molar-refractivity contribution is 7.91. The summed E-state index contributed by atoms with van der Waals surface area (Å²) in [5, 5.41) is 6.05. The fraction of sp³-hybridized carbons (Fsp3) is 0.500. The Morgan fingerprint density at radius 1 is 1.38 bits per heavy atom. The predicted molar refractivity (Wildman–Crippen MR) is 84.8 cm³/mol. The van der Waals surface area contributed by atoms with Gasteiger partial charge in [-0.1, -0.05) is 19.1 Å². The molecule has 1 saturated heterocycles. The Morgan fingerprint density at radius 2 is 2.10 bits per heavy atom. The number of hydrogen-bond acceptors (Lipinski definition) is 4. The third-order valence-electron chi connectivity index (χ3n) is 3.34. The molecule has 1 atom stereocenters. The number of carbonyl (C=O) groups excluding carboxylic acids is 1. The molecule has 0 bridgehead atoms. The van der Waals surface area contributed by atoms with Crippen LogP contribution in [0.25, 0.3) is 0 Å². The third kappa shape index (κ3) is 4.43. The Balaban J connectivity index is 0.00000220. The summed E-state index contributed by atoms with van der Waals surface area (Å²) in [5.74, 6) is -0.253. The van der Waals surface area contributed by atoms with Gasteiger partial charge in [0, 0.05) is 12.6 Å². The quantitative estimate of drug-likeness (QED) is 0.854. The zero-order valence-corrected chi connectivity index (χ0v) is 13.6. The maximum absolute atomic E-state index is 12.3. The van der Waals surface area contributed by atoms with Crippen LogP contribution in [0.2, 0.25) is 0 Å². The number of rotatable bonds is 5. The Morgan fingerprint density at radius 3 is 2.71 bits per heavy atom. The summed E-state index contributed by atoms with van der Waals surface area (Å²) in [6, 6.07) is 6.49. The molecule has 5 nitrogen and oxygen atoms in total. The van der Waals surface area contributed by atoms with Crippen molar-refractivity contribution in [2.24, 2.45) is 0 Å². The summed E-state index contributed by atoms with van der Waals surface area (Å²) in [7, 11) is -3.40. The van der Waals surface area contributed by atoms with E-state index in [1.807, 2.05) is 6.92 Å². The molecule has 1 aliphatic rings. The molecule has 0 aromatic heterocycles. The van der Waals surface area contributed by atoms with Gasteiger partial charge in [0.25, 0.3) is 5.91 Å². The highest BCUT2D eigenvalue weighted by Crippen LogP contribution is 2.18. The van der Waals surface area contributed by atoms with E-state index in [9.17, 15) is 13.2 Å². The Hall–Kier alpha value is -1.11. The van der Waals surface area contributed by atoms with Crippen molar-refractivity contribution in [1.29, 1.82) is 0 Å². The van der Waals surface area contributed by atoms with E-state index in [1.54, 1.807) is 18.2 Å². The number of benzene rings is 1. The van der Waals surface area contributed by atoms with Crippen LogP contribution in [0, 0.1) is 0 Å². The minimum absolute atomic E-state index is 0. The minimum atomic E-state index is -3.40. The molecule has 1 unspecified atom stereocenters. The highest BCUT2D eigenvalue weighted by atomic mass is 35.5. The van der Waals surface area contributed by atoms with E-state index in [-0.39, 0.29) is 40.6 Å². The van der Waals surface area contributed by atoms with Crippen LogP contribution in [-0.2, 0) is 9.84 Å². The summed E-state index contributed by atoms with van der Waals surface area (Å²) in [6.45, 7) is 3.42. The fourth-order valence-electron chi connectivity index (χ4n) is 2.35. The molecule has 2 N–H and O–H groups in total. The van der Waals surface area contributed by atoms with Gasteiger partial charge in [-0.3, -0.25) is 4.79 Å². The van der Waals surface area contributed by atoms with E-state index < -0.39 is 9.84 Å². The number of nitrogens with one attached hydrogen (secondary N) is 2. The van der Waals surface area contributed by atoms with Gasteiger partial charge < -0.3 is 10.6 Å². The second-order valence-electron chi connectivity index (χ2n) is 4.98. The molecule has 0 aliphatic carbocycles. The van der Waals surface area contributed by atoms with Crippen molar-refractivity contribution in [3.63, 3.8) is 0 Å². The lowest BCUT2D eigenvalue weighted by atomic mass is 10.2. The van der Waals surface area contributed by atoms with Gasteiger partial charge in [-0.25, -0.2) is 8.42 Å². The summed E-state index contributed by atoms with van der Waals surface area (Å²) < 4.78 is 24.4. The summed E-state index contributed by atoms with van der Waals surface area (Å²) in [4.78, 5) is 12.4. The zero-order valence-electron chi connectivity index (χ0n) is 12.0. The molecule has 7 heteroatoms. The van der Waals surface area contributed by atoms with Crippen LogP contribution in [0.3, 0.4) is 0 Å². The van der Waals surface area contributed by atoms with E-state index in [0.29, 0.717) is 6.42 Å². The Bertz CT molecular complexity index is 584. The predicted octanol–water partition coefficient (Wildman–Crippen LogP) is 1.38. The smallest absolute Gasteiger partial charge is 0.252 e. The van der Waals surface area contributed by atoms with Gasteiger partial charge in [-0.2, -0.15) is 0 Å². The number of amides is 1. The summed E-state index contributed by atoms with van der Waals surface area (Å²) in [6.07, 6.45) is 1.40. The topological polar surface area (TPSA) is 75.3 Å². The lowest BCUT2D eigenvalue weighted by Crippen LogP contribution is -2.36. The van der Waals surface area contributed by atoms with Crippen LogP contribution in [0.5, 0.6) is 0 Å². The first-order chi connectivity index (χ1) is 9.54. The van der Waals surface area contributed by atoms with E-state index in [4.69, 9.17) is 0 Å². The van der Waals surface area contributed by atoms with Gasteiger partial charge in [0.1, 0.15) is 0 Å². The van der Waals surface area contributed by atoms with E-state index in [1.165, 1.54) is 6.07 Å². The van der Waals surface area contributed by atoms with Crippen LogP contribution in [0.15, 0.2) is 29.2 Å². The van der Waals surface area contributed by atoms with Gasteiger partial charge >= 0.3 is 0 Å². The molecule has 1 amide bonds. The molecule has 0 spiro atoms. The van der Waals surface area contributed by atoms with Crippen LogP contribution >= 0.6 is 12.4 Å². The Kier molecular flexibility index (Phi) is 6.64. The molecule has 0 saturated carbocycles. The van der Waals surface area contributed by atoms with Crippen molar-refractivity contribution in [2.75, 3.05) is 18.8 Å². The molecular formula is C14H21ClN2O3S. The highest BCUT2D eigenvalue weighted by Gasteiger charge is 2.23.